The van der Waals surface area contributed by atoms with E-state index in [0.717, 1.165) is 40.2 Å². The van der Waals surface area contributed by atoms with E-state index < -0.39 is 0 Å². The predicted molar refractivity (Wildman–Crippen MR) is 86.0 cm³/mol. The van der Waals surface area contributed by atoms with Gasteiger partial charge in [0, 0.05) is 22.5 Å². The highest BCUT2D eigenvalue weighted by Gasteiger charge is 2.11. The third-order valence-electron chi connectivity index (χ3n) is 3.42. The van der Waals surface area contributed by atoms with E-state index in [9.17, 15) is 0 Å². The third kappa shape index (κ3) is 2.75. The maximum atomic E-state index is 6.03. The minimum absolute atomic E-state index is 0.708. The van der Waals surface area contributed by atoms with Crippen LogP contribution < -0.4 is 10.1 Å². The van der Waals surface area contributed by atoms with Crippen LogP contribution in [0, 0.1) is 0 Å². The van der Waals surface area contributed by atoms with E-state index in [1.165, 1.54) is 0 Å². The highest BCUT2D eigenvalue weighted by Crippen LogP contribution is 2.33. The van der Waals surface area contributed by atoms with Crippen molar-refractivity contribution in [1.82, 2.24) is 5.32 Å². The molecule has 0 spiro atoms. The lowest BCUT2D eigenvalue weighted by molar-refractivity contribution is 0.414. The molecule has 0 unspecified atom stereocenters. The van der Waals surface area contributed by atoms with E-state index in [1.54, 1.807) is 7.11 Å². The van der Waals surface area contributed by atoms with Gasteiger partial charge in [-0.2, -0.15) is 0 Å². The summed E-state index contributed by atoms with van der Waals surface area (Å²) in [6.07, 6.45) is 0. The summed E-state index contributed by atoms with van der Waals surface area (Å²) in [6, 6.07) is 13.6. The molecule has 0 bridgehead atoms. The molecule has 0 saturated heterocycles. The second-order valence-corrected chi connectivity index (χ2v) is 5.28. The Bertz CT molecular complexity index is 780. The van der Waals surface area contributed by atoms with Gasteiger partial charge in [-0.25, -0.2) is 0 Å². The summed E-state index contributed by atoms with van der Waals surface area (Å²) in [7, 11) is 3.59. The molecule has 0 radical (unpaired) electrons. The molecule has 3 rings (SSSR count). The van der Waals surface area contributed by atoms with E-state index >= 15 is 0 Å². The standard InChI is InChI=1S/C17H16ClNO2/c1-19-10-12-8-14(20-2)4-5-15(12)17-9-11-7-13(18)3-6-16(11)21-17/h3-9,19H,10H2,1-2H3. The largest absolute Gasteiger partial charge is 0.497 e. The quantitative estimate of drug-likeness (QED) is 0.771. The maximum absolute atomic E-state index is 6.03. The zero-order chi connectivity index (χ0) is 14.8. The highest BCUT2D eigenvalue weighted by atomic mass is 35.5. The average molecular weight is 302 g/mol. The molecule has 0 aliphatic carbocycles. The lowest BCUT2D eigenvalue weighted by Gasteiger charge is -2.09. The minimum Gasteiger partial charge on any atom is -0.497 e. The summed E-state index contributed by atoms with van der Waals surface area (Å²) in [5.74, 6) is 1.67. The second-order valence-electron chi connectivity index (χ2n) is 4.85. The van der Waals surface area contributed by atoms with Crippen LogP contribution >= 0.6 is 11.6 Å². The van der Waals surface area contributed by atoms with Gasteiger partial charge in [0.25, 0.3) is 0 Å². The molecule has 108 valence electrons. The van der Waals surface area contributed by atoms with E-state index in [2.05, 4.69) is 5.32 Å². The monoisotopic (exact) mass is 301 g/mol. The molecule has 0 aliphatic heterocycles. The molecule has 0 amide bonds. The van der Waals surface area contributed by atoms with Crippen LogP contribution in [0.3, 0.4) is 0 Å². The van der Waals surface area contributed by atoms with Gasteiger partial charge in [-0.05, 0) is 55.1 Å². The summed E-state index contributed by atoms with van der Waals surface area (Å²) >= 11 is 6.03. The molecular weight excluding hydrogens is 286 g/mol. The Hall–Kier alpha value is -1.97. The molecule has 3 aromatic rings. The van der Waals surface area contributed by atoms with Crippen LogP contribution in [0.2, 0.25) is 5.02 Å². The van der Waals surface area contributed by atoms with Gasteiger partial charge >= 0.3 is 0 Å². The topological polar surface area (TPSA) is 34.4 Å². The first-order valence-electron chi connectivity index (χ1n) is 6.72. The van der Waals surface area contributed by atoms with Crippen LogP contribution in [0.25, 0.3) is 22.3 Å². The van der Waals surface area contributed by atoms with Crippen molar-refractivity contribution in [2.75, 3.05) is 14.2 Å². The van der Waals surface area contributed by atoms with E-state index in [4.69, 9.17) is 20.8 Å². The van der Waals surface area contributed by atoms with Crippen molar-refractivity contribution < 1.29 is 9.15 Å². The second kappa shape index (κ2) is 5.80. The van der Waals surface area contributed by atoms with Gasteiger partial charge in [-0.15, -0.1) is 0 Å². The first kappa shape index (κ1) is 14.0. The molecule has 0 aliphatic rings. The Labute approximate surface area is 128 Å². The SMILES string of the molecule is CNCc1cc(OC)ccc1-c1cc2cc(Cl)ccc2o1. The summed E-state index contributed by atoms with van der Waals surface area (Å²) < 4.78 is 11.2. The van der Waals surface area contributed by atoms with E-state index in [1.807, 2.05) is 49.5 Å². The molecule has 4 heteroatoms. The number of methoxy groups -OCH3 is 1. The van der Waals surface area contributed by atoms with Crippen molar-refractivity contribution in [2.45, 2.75) is 6.54 Å². The molecular formula is C17H16ClNO2. The molecule has 1 aromatic heterocycles. The normalized spacial score (nSPS) is 11.0. The Kier molecular flexibility index (Phi) is 3.86. The summed E-state index contributed by atoms with van der Waals surface area (Å²) in [5, 5.41) is 4.88. The van der Waals surface area contributed by atoms with Gasteiger partial charge in [-0.1, -0.05) is 11.6 Å². The fourth-order valence-corrected chi connectivity index (χ4v) is 2.60. The molecule has 0 saturated carbocycles. The van der Waals surface area contributed by atoms with Crippen LogP contribution in [0.15, 0.2) is 46.9 Å². The van der Waals surface area contributed by atoms with Crippen LogP contribution in [-0.4, -0.2) is 14.2 Å². The van der Waals surface area contributed by atoms with Gasteiger partial charge in [-0.3, -0.25) is 0 Å². The number of fused-ring (bicyclic) bond motifs is 1. The number of hydrogen-bond donors (Lipinski definition) is 1. The number of furan rings is 1. The Balaban J connectivity index is 2.12. The van der Waals surface area contributed by atoms with Crippen molar-refractivity contribution in [3.05, 3.63) is 53.1 Å². The van der Waals surface area contributed by atoms with Crippen LogP contribution in [-0.2, 0) is 6.54 Å². The minimum atomic E-state index is 0.708. The lowest BCUT2D eigenvalue weighted by Crippen LogP contribution is -2.06. The van der Waals surface area contributed by atoms with Gasteiger partial charge in [0.1, 0.15) is 17.1 Å². The smallest absolute Gasteiger partial charge is 0.135 e. The number of nitrogens with one attached hydrogen (secondary N) is 1. The molecule has 21 heavy (non-hydrogen) atoms. The third-order valence-corrected chi connectivity index (χ3v) is 3.66. The Morgan fingerprint density at radius 1 is 1.14 bits per heavy atom. The highest BCUT2D eigenvalue weighted by molar-refractivity contribution is 6.31. The van der Waals surface area contributed by atoms with Gasteiger partial charge in [0.15, 0.2) is 0 Å². The number of rotatable bonds is 4. The first-order chi connectivity index (χ1) is 10.2. The maximum Gasteiger partial charge on any atom is 0.135 e. The molecule has 2 aromatic carbocycles. The number of halogens is 1. The summed E-state index contributed by atoms with van der Waals surface area (Å²) in [4.78, 5) is 0. The fourth-order valence-electron chi connectivity index (χ4n) is 2.42. The number of benzene rings is 2. The van der Waals surface area contributed by atoms with Crippen molar-refractivity contribution in [1.29, 1.82) is 0 Å². The fraction of sp³-hybridized carbons (Fsp3) is 0.176. The van der Waals surface area contributed by atoms with Crippen molar-refractivity contribution >= 4 is 22.6 Å². The first-order valence-corrected chi connectivity index (χ1v) is 7.10. The Morgan fingerprint density at radius 3 is 2.76 bits per heavy atom. The molecule has 1 N–H and O–H groups in total. The van der Waals surface area contributed by atoms with E-state index in [-0.39, 0.29) is 0 Å². The summed E-state index contributed by atoms with van der Waals surface area (Å²) in [5.41, 5.74) is 3.01. The van der Waals surface area contributed by atoms with Crippen LogP contribution in [0.5, 0.6) is 5.75 Å². The predicted octanol–water partition coefficient (Wildman–Crippen LogP) is 4.48. The van der Waals surface area contributed by atoms with Gasteiger partial charge in [0.2, 0.25) is 0 Å². The lowest BCUT2D eigenvalue weighted by atomic mass is 10.0. The number of ether oxygens (including phenoxy) is 1. The zero-order valence-electron chi connectivity index (χ0n) is 11.9. The van der Waals surface area contributed by atoms with Crippen molar-refractivity contribution in [3.63, 3.8) is 0 Å². The van der Waals surface area contributed by atoms with Crippen LogP contribution in [0.4, 0.5) is 0 Å². The van der Waals surface area contributed by atoms with Crippen LogP contribution in [0.1, 0.15) is 5.56 Å². The van der Waals surface area contributed by atoms with Crippen molar-refractivity contribution in [2.24, 2.45) is 0 Å². The Morgan fingerprint density at radius 2 is 2.00 bits per heavy atom. The average Bonchev–Trinajstić information content (AvgIpc) is 2.90. The van der Waals surface area contributed by atoms with Gasteiger partial charge in [0.05, 0.1) is 7.11 Å². The zero-order valence-corrected chi connectivity index (χ0v) is 12.7. The van der Waals surface area contributed by atoms with Crippen molar-refractivity contribution in [3.8, 4) is 17.1 Å². The molecule has 0 fully saturated rings. The van der Waals surface area contributed by atoms with E-state index in [0.29, 0.717) is 5.02 Å². The molecule has 1 heterocycles. The summed E-state index contributed by atoms with van der Waals surface area (Å²) in [6.45, 7) is 0.740. The number of hydrogen-bond acceptors (Lipinski definition) is 3. The van der Waals surface area contributed by atoms with Gasteiger partial charge < -0.3 is 14.5 Å². The molecule has 3 nitrogen and oxygen atoms in total. The molecule has 0 atom stereocenters.